The summed E-state index contributed by atoms with van der Waals surface area (Å²) in [7, 11) is 3.14. The molecule has 0 unspecified atom stereocenters. The average molecular weight is 389 g/mol. The van der Waals surface area contributed by atoms with Gasteiger partial charge in [-0.2, -0.15) is 0 Å². The van der Waals surface area contributed by atoms with E-state index in [1.54, 1.807) is 26.4 Å². The van der Waals surface area contributed by atoms with Crippen molar-refractivity contribution in [1.82, 2.24) is 4.98 Å². The van der Waals surface area contributed by atoms with Crippen molar-refractivity contribution in [3.63, 3.8) is 0 Å². The first kappa shape index (κ1) is 18.2. The standard InChI is InChI=1S/C19H17ClN2O3S/c1-24-16-8-7-12(9-17(16)25-2)10-18(23)22-19-21-15(11-26-19)13-5-3-4-6-14(13)20/h3-9,11H,10H2,1-2H3,(H,21,22,23). The second-order valence-electron chi connectivity index (χ2n) is 5.43. The number of nitrogens with one attached hydrogen (secondary N) is 1. The van der Waals surface area contributed by atoms with Crippen LogP contribution in [0.1, 0.15) is 5.56 Å². The maximum absolute atomic E-state index is 12.3. The Morgan fingerprint density at radius 1 is 1.15 bits per heavy atom. The molecule has 2 aromatic carbocycles. The van der Waals surface area contributed by atoms with E-state index in [1.165, 1.54) is 11.3 Å². The molecule has 0 spiro atoms. The van der Waals surface area contributed by atoms with Gasteiger partial charge in [-0.3, -0.25) is 4.79 Å². The van der Waals surface area contributed by atoms with Crippen LogP contribution in [-0.2, 0) is 11.2 Å². The van der Waals surface area contributed by atoms with E-state index in [9.17, 15) is 4.79 Å². The molecule has 0 aliphatic rings. The van der Waals surface area contributed by atoms with E-state index < -0.39 is 0 Å². The summed E-state index contributed by atoms with van der Waals surface area (Å²) in [6.07, 6.45) is 0.210. The minimum atomic E-state index is -0.155. The van der Waals surface area contributed by atoms with Crippen LogP contribution in [0.4, 0.5) is 5.13 Å². The summed E-state index contributed by atoms with van der Waals surface area (Å²) >= 11 is 7.55. The van der Waals surface area contributed by atoms with Gasteiger partial charge in [-0.05, 0) is 23.8 Å². The van der Waals surface area contributed by atoms with E-state index in [1.807, 2.05) is 35.7 Å². The predicted octanol–water partition coefficient (Wildman–Crippen LogP) is 4.66. The third kappa shape index (κ3) is 4.15. The van der Waals surface area contributed by atoms with Crippen LogP contribution < -0.4 is 14.8 Å². The molecule has 0 bridgehead atoms. The number of nitrogens with zero attached hydrogens (tertiary/aromatic N) is 1. The van der Waals surface area contributed by atoms with Crippen LogP contribution in [0, 0.1) is 0 Å². The normalized spacial score (nSPS) is 10.4. The van der Waals surface area contributed by atoms with Gasteiger partial charge in [0.1, 0.15) is 0 Å². The van der Waals surface area contributed by atoms with Gasteiger partial charge in [-0.25, -0.2) is 4.98 Å². The molecule has 1 N–H and O–H groups in total. The van der Waals surface area contributed by atoms with Crippen molar-refractivity contribution in [2.45, 2.75) is 6.42 Å². The molecule has 3 rings (SSSR count). The largest absolute Gasteiger partial charge is 0.493 e. The maximum Gasteiger partial charge on any atom is 0.230 e. The van der Waals surface area contributed by atoms with E-state index in [0.717, 1.165) is 16.8 Å². The number of carbonyl (C=O) groups is 1. The Balaban J connectivity index is 1.68. The zero-order valence-corrected chi connectivity index (χ0v) is 15.9. The SMILES string of the molecule is COc1ccc(CC(=O)Nc2nc(-c3ccccc3Cl)cs2)cc1OC. The highest BCUT2D eigenvalue weighted by Gasteiger charge is 2.12. The van der Waals surface area contributed by atoms with E-state index >= 15 is 0 Å². The third-order valence-electron chi connectivity index (χ3n) is 3.71. The fourth-order valence-corrected chi connectivity index (χ4v) is 3.42. The molecular weight excluding hydrogens is 372 g/mol. The van der Waals surface area contributed by atoms with E-state index in [-0.39, 0.29) is 12.3 Å². The lowest BCUT2D eigenvalue weighted by Gasteiger charge is -2.09. The van der Waals surface area contributed by atoms with Gasteiger partial charge in [0.2, 0.25) is 5.91 Å². The average Bonchev–Trinajstić information content (AvgIpc) is 3.10. The van der Waals surface area contributed by atoms with Gasteiger partial charge in [-0.1, -0.05) is 35.9 Å². The summed E-state index contributed by atoms with van der Waals surface area (Å²) in [5, 5.41) is 5.85. The fraction of sp³-hybridized carbons (Fsp3) is 0.158. The first-order chi connectivity index (χ1) is 12.6. The molecule has 0 fully saturated rings. The van der Waals surface area contributed by atoms with Crippen LogP contribution in [0.5, 0.6) is 11.5 Å². The number of halogens is 1. The van der Waals surface area contributed by atoms with Gasteiger partial charge >= 0.3 is 0 Å². The number of carbonyl (C=O) groups excluding carboxylic acids is 1. The Bertz CT molecular complexity index is 927. The number of hydrogen-bond donors (Lipinski definition) is 1. The summed E-state index contributed by atoms with van der Waals surface area (Å²) in [5.74, 6) is 1.06. The summed E-state index contributed by atoms with van der Waals surface area (Å²) in [4.78, 5) is 16.7. The Kier molecular flexibility index (Phi) is 5.75. The van der Waals surface area contributed by atoms with Crippen LogP contribution in [0.3, 0.4) is 0 Å². The lowest BCUT2D eigenvalue weighted by molar-refractivity contribution is -0.115. The molecule has 1 amide bonds. The van der Waals surface area contributed by atoms with Gasteiger partial charge < -0.3 is 14.8 Å². The molecule has 5 nitrogen and oxygen atoms in total. The molecular formula is C19H17ClN2O3S. The number of thiazole rings is 1. The van der Waals surface area contributed by atoms with E-state index in [2.05, 4.69) is 10.3 Å². The van der Waals surface area contributed by atoms with Crippen molar-refractivity contribution in [3.05, 3.63) is 58.4 Å². The Morgan fingerprint density at radius 2 is 1.92 bits per heavy atom. The number of hydrogen-bond acceptors (Lipinski definition) is 5. The van der Waals surface area contributed by atoms with Crippen LogP contribution in [0.15, 0.2) is 47.8 Å². The Hall–Kier alpha value is -2.57. The van der Waals surface area contributed by atoms with Gasteiger partial charge in [0, 0.05) is 16.0 Å². The minimum absolute atomic E-state index is 0.155. The highest BCUT2D eigenvalue weighted by atomic mass is 35.5. The topological polar surface area (TPSA) is 60.5 Å². The molecule has 26 heavy (non-hydrogen) atoms. The molecule has 0 saturated heterocycles. The predicted molar refractivity (Wildman–Crippen MR) is 104 cm³/mol. The minimum Gasteiger partial charge on any atom is -0.493 e. The van der Waals surface area contributed by atoms with Crippen molar-refractivity contribution in [2.75, 3.05) is 19.5 Å². The summed E-state index contributed by atoms with van der Waals surface area (Å²) in [5.41, 5.74) is 2.40. The summed E-state index contributed by atoms with van der Waals surface area (Å²) in [6, 6.07) is 12.9. The van der Waals surface area contributed by atoms with Crippen LogP contribution in [0.2, 0.25) is 5.02 Å². The first-order valence-electron chi connectivity index (χ1n) is 7.82. The number of benzene rings is 2. The lowest BCUT2D eigenvalue weighted by Crippen LogP contribution is -2.14. The molecule has 1 aromatic heterocycles. The number of aromatic nitrogens is 1. The first-order valence-corrected chi connectivity index (χ1v) is 9.07. The lowest BCUT2D eigenvalue weighted by atomic mass is 10.1. The number of anilines is 1. The molecule has 1 heterocycles. The zero-order chi connectivity index (χ0) is 18.5. The number of methoxy groups -OCH3 is 2. The van der Waals surface area contributed by atoms with Crippen LogP contribution in [-0.4, -0.2) is 25.1 Å². The van der Waals surface area contributed by atoms with Crippen molar-refractivity contribution in [2.24, 2.45) is 0 Å². The van der Waals surface area contributed by atoms with E-state index in [0.29, 0.717) is 21.7 Å². The van der Waals surface area contributed by atoms with Crippen molar-refractivity contribution in [1.29, 1.82) is 0 Å². The Morgan fingerprint density at radius 3 is 2.65 bits per heavy atom. The molecule has 3 aromatic rings. The quantitative estimate of drug-likeness (QED) is 0.667. The van der Waals surface area contributed by atoms with Crippen molar-refractivity contribution < 1.29 is 14.3 Å². The second kappa shape index (κ2) is 8.21. The van der Waals surface area contributed by atoms with Crippen LogP contribution in [0.25, 0.3) is 11.3 Å². The number of rotatable bonds is 6. The molecule has 134 valence electrons. The summed E-state index contributed by atoms with van der Waals surface area (Å²) < 4.78 is 10.5. The van der Waals surface area contributed by atoms with Crippen molar-refractivity contribution in [3.8, 4) is 22.8 Å². The van der Waals surface area contributed by atoms with Crippen molar-refractivity contribution >= 4 is 34.0 Å². The van der Waals surface area contributed by atoms with Gasteiger partial charge in [0.05, 0.1) is 26.3 Å². The second-order valence-corrected chi connectivity index (χ2v) is 6.70. The molecule has 0 saturated carbocycles. The zero-order valence-electron chi connectivity index (χ0n) is 14.3. The molecule has 7 heteroatoms. The van der Waals surface area contributed by atoms with Crippen LogP contribution >= 0.6 is 22.9 Å². The maximum atomic E-state index is 12.3. The number of amides is 1. The third-order valence-corrected chi connectivity index (χ3v) is 4.80. The highest BCUT2D eigenvalue weighted by molar-refractivity contribution is 7.14. The van der Waals surface area contributed by atoms with Gasteiger partial charge in [0.15, 0.2) is 16.6 Å². The Labute approximate surface area is 160 Å². The molecule has 0 radical (unpaired) electrons. The van der Waals surface area contributed by atoms with E-state index in [4.69, 9.17) is 21.1 Å². The summed E-state index contributed by atoms with van der Waals surface area (Å²) in [6.45, 7) is 0. The monoisotopic (exact) mass is 388 g/mol. The smallest absolute Gasteiger partial charge is 0.230 e. The fourth-order valence-electron chi connectivity index (χ4n) is 2.46. The number of ether oxygens (including phenoxy) is 2. The molecule has 0 aliphatic heterocycles. The highest BCUT2D eigenvalue weighted by Crippen LogP contribution is 2.31. The molecule has 0 aliphatic carbocycles. The van der Waals surface area contributed by atoms with Gasteiger partial charge in [-0.15, -0.1) is 11.3 Å². The molecule has 0 atom stereocenters. The van der Waals surface area contributed by atoms with Gasteiger partial charge in [0.25, 0.3) is 0 Å².